The van der Waals surface area contributed by atoms with Crippen LogP contribution >= 0.6 is 0 Å². The van der Waals surface area contributed by atoms with Crippen LogP contribution in [0.25, 0.3) is 0 Å². The van der Waals surface area contributed by atoms with Crippen molar-refractivity contribution in [3.8, 4) is 11.5 Å². The number of benzene rings is 3. The summed E-state index contributed by atoms with van der Waals surface area (Å²) in [6, 6.07) is 18.2. The van der Waals surface area contributed by atoms with Gasteiger partial charge >= 0.3 is 0 Å². The molecule has 3 unspecified atom stereocenters. The van der Waals surface area contributed by atoms with Crippen LogP contribution in [0.15, 0.2) is 60.7 Å². The van der Waals surface area contributed by atoms with E-state index in [9.17, 15) is 4.39 Å². The average Bonchev–Trinajstić information content (AvgIpc) is 3.02. The van der Waals surface area contributed by atoms with Gasteiger partial charge in [0.05, 0.1) is 13.2 Å². The fourth-order valence-corrected chi connectivity index (χ4v) is 6.71. The second-order valence-electron chi connectivity index (χ2n) is 11.4. The van der Waals surface area contributed by atoms with E-state index >= 15 is 4.39 Å². The molecular weight excluding hydrogens is 540 g/mol. The Hall–Kier alpha value is -3.20. The van der Waals surface area contributed by atoms with Gasteiger partial charge in [0, 0.05) is 74.9 Å². The Morgan fingerprint density at radius 3 is 2.31 bits per heavy atom. The molecule has 3 aliphatic rings. The van der Waals surface area contributed by atoms with E-state index in [-0.39, 0.29) is 31.0 Å². The van der Waals surface area contributed by atoms with Crippen LogP contribution in [0.5, 0.6) is 11.5 Å². The lowest BCUT2D eigenvalue weighted by atomic mass is 9.75. The number of ether oxygens (including phenoxy) is 5. The minimum Gasteiger partial charge on any atom is -0.492 e. The van der Waals surface area contributed by atoms with Gasteiger partial charge in [-0.1, -0.05) is 24.3 Å². The highest BCUT2D eigenvalue weighted by molar-refractivity contribution is 5.54. The van der Waals surface area contributed by atoms with Crippen LogP contribution < -0.4 is 14.4 Å². The maximum absolute atomic E-state index is 15.1. The Kier molecular flexibility index (Phi) is 8.93. The molecule has 0 spiro atoms. The van der Waals surface area contributed by atoms with E-state index in [0.29, 0.717) is 29.6 Å². The molecule has 2 fully saturated rings. The van der Waals surface area contributed by atoms with Crippen LogP contribution in [0.3, 0.4) is 0 Å². The molecule has 3 aromatic carbocycles. The Morgan fingerprint density at radius 2 is 1.62 bits per heavy atom. The number of fused-ring (bicyclic) bond motifs is 1. The van der Waals surface area contributed by atoms with Crippen LogP contribution in [0.2, 0.25) is 0 Å². The van der Waals surface area contributed by atoms with E-state index in [2.05, 4.69) is 29.2 Å². The molecule has 0 saturated carbocycles. The van der Waals surface area contributed by atoms with Gasteiger partial charge in [-0.15, -0.1) is 0 Å². The molecule has 0 aromatic heterocycles. The molecule has 224 valence electrons. The van der Waals surface area contributed by atoms with Crippen LogP contribution in [-0.4, -0.2) is 53.1 Å². The van der Waals surface area contributed by atoms with Crippen molar-refractivity contribution in [1.82, 2.24) is 0 Å². The van der Waals surface area contributed by atoms with Crippen molar-refractivity contribution < 1.29 is 32.5 Å². The normalized spacial score (nSPS) is 23.0. The van der Waals surface area contributed by atoms with Crippen LogP contribution in [0.1, 0.15) is 60.6 Å². The number of piperidine rings is 1. The zero-order valence-electron chi connectivity index (χ0n) is 24.3. The molecule has 0 amide bonds. The third kappa shape index (κ3) is 6.12. The zero-order valence-corrected chi connectivity index (χ0v) is 24.3. The van der Waals surface area contributed by atoms with Gasteiger partial charge in [0.25, 0.3) is 0 Å². The van der Waals surface area contributed by atoms with Crippen molar-refractivity contribution in [3.63, 3.8) is 0 Å². The van der Waals surface area contributed by atoms with Crippen molar-refractivity contribution in [3.05, 3.63) is 89.0 Å². The molecule has 0 bridgehead atoms. The summed E-state index contributed by atoms with van der Waals surface area (Å²) in [5, 5.41) is 0. The lowest BCUT2D eigenvalue weighted by molar-refractivity contribution is -0.141. The highest BCUT2D eigenvalue weighted by Crippen LogP contribution is 2.48. The summed E-state index contributed by atoms with van der Waals surface area (Å²) >= 11 is 0. The van der Waals surface area contributed by atoms with Crippen molar-refractivity contribution >= 4 is 5.69 Å². The molecule has 8 heteroatoms. The highest BCUT2D eigenvalue weighted by atomic mass is 19.1. The molecule has 6 rings (SSSR count). The molecule has 0 N–H and O–H groups in total. The first-order valence-electron chi connectivity index (χ1n) is 14.9. The second kappa shape index (κ2) is 13.0. The Bertz CT molecular complexity index is 1330. The smallest absolute Gasteiger partial charge is 0.199 e. The fourth-order valence-electron chi connectivity index (χ4n) is 6.71. The molecule has 3 aliphatic heterocycles. The summed E-state index contributed by atoms with van der Waals surface area (Å²) in [5.41, 5.74) is 3.59. The van der Waals surface area contributed by atoms with Crippen LogP contribution in [0, 0.1) is 17.6 Å². The predicted molar refractivity (Wildman–Crippen MR) is 156 cm³/mol. The van der Waals surface area contributed by atoms with E-state index in [1.807, 2.05) is 18.2 Å². The fraction of sp³-hybridized carbons (Fsp3) is 0.471. The third-order valence-electron chi connectivity index (χ3n) is 8.91. The summed E-state index contributed by atoms with van der Waals surface area (Å²) in [5.74, 6) is 0.117. The van der Waals surface area contributed by atoms with Crippen LogP contribution in [-0.2, 0) is 14.2 Å². The first kappa shape index (κ1) is 28.9. The Balaban J connectivity index is 1.27. The van der Waals surface area contributed by atoms with E-state index in [1.165, 1.54) is 6.07 Å². The van der Waals surface area contributed by atoms with Gasteiger partial charge in [-0.3, -0.25) is 0 Å². The molecule has 3 heterocycles. The number of nitrogens with zero attached hydrogens (tertiary/aromatic N) is 1. The van der Waals surface area contributed by atoms with Gasteiger partial charge in [0.1, 0.15) is 23.1 Å². The summed E-state index contributed by atoms with van der Waals surface area (Å²) in [6.45, 7) is 2.81. The second-order valence-corrected chi connectivity index (χ2v) is 11.4. The van der Waals surface area contributed by atoms with Crippen LogP contribution in [0.4, 0.5) is 14.5 Å². The third-order valence-corrected chi connectivity index (χ3v) is 8.91. The largest absolute Gasteiger partial charge is 0.492 e. The van der Waals surface area contributed by atoms with Gasteiger partial charge in [-0.05, 0) is 61.1 Å². The molecule has 3 aromatic rings. The van der Waals surface area contributed by atoms with Gasteiger partial charge in [0.2, 0.25) is 0 Å². The molecular formula is C34H39F2NO5. The van der Waals surface area contributed by atoms with E-state index in [1.54, 1.807) is 20.3 Å². The van der Waals surface area contributed by atoms with Gasteiger partial charge in [-0.25, -0.2) is 8.78 Å². The quantitative estimate of drug-likeness (QED) is 0.268. The number of hydrogen-bond donors (Lipinski definition) is 0. The molecule has 42 heavy (non-hydrogen) atoms. The SMILES string of the molecule is COC(OC)C1CCN(c2ccc(C3c4ccc(OC5CCCCO5)cc4OCC3c3ccc(F)cc3F)cc2)CC1. The average molecular weight is 580 g/mol. The lowest BCUT2D eigenvalue weighted by Gasteiger charge is -2.37. The van der Waals surface area contributed by atoms with E-state index in [0.717, 1.165) is 68.1 Å². The van der Waals surface area contributed by atoms with Gasteiger partial charge in [0.15, 0.2) is 12.6 Å². The lowest BCUT2D eigenvalue weighted by Crippen LogP contribution is -2.39. The molecule has 3 atom stereocenters. The van der Waals surface area contributed by atoms with E-state index in [4.69, 9.17) is 23.7 Å². The number of rotatable bonds is 8. The minimum absolute atomic E-state index is 0.173. The van der Waals surface area contributed by atoms with Gasteiger partial charge in [-0.2, -0.15) is 0 Å². The van der Waals surface area contributed by atoms with Crippen molar-refractivity contribution in [1.29, 1.82) is 0 Å². The molecule has 0 aliphatic carbocycles. The summed E-state index contributed by atoms with van der Waals surface area (Å²) in [7, 11) is 3.38. The summed E-state index contributed by atoms with van der Waals surface area (Å²) in [6.07, 6.45) is 4.53. The predicted octanol–water partition coefficient (Wildman–Crippen LogP) is 7.01. The van der Waals surface area contributed by atoms with Crippen molar-refractivity contribution in [2.24, 2.45) is 5.92 Å². The number of halogens is 2. The first-order chi connectivity index (χ1) is 20.5. The highest BCUT2D eigenvalue weighted by Gasteiger charge is 2.36. The standard InChI is InChI=1S/C34H39F2NO5/c1-38-34(39-2)23-14-16-37(17-15-23)25-9-6-22(7-10-25)33-28-13-11-26(42-32-5-3-4-18-40-32)20-31(28)41-21-29(33)27-12-8-24(35)19-30(27)36/h6-13,19-20,23,29,32-34H,3-5,14-18,21H2,1-2H3. The number of anilines is 1. The Morgan fingerprint density at radius 1 is 0.857 bits per heavy atom. The monoisotopic (exact) mass is 579 g/mol. The number of methoxy groups -OCH3 is 2. The zero-order chi connectivity index (χ0) is 29.1. The molecule has 2 saturated heterocycles. The van der Waals surface area contributed by atoms with Crippen molar-refractivity contribution in [2.45, 2.75) is 56.5 Å². The Labute approximate surface area is 246 Å². The number of hydrogen-bond acceptors (Lipinski definition) is 6. The first-order valence-corrected chi connectivity index (χ1v) is 14.9. The minimum atomic E-state index is -0.591. The van der Waals surface area contributed by atoms with Gasteiger partial charge < -0.3 is 28.6 Å². The van der Waals surface area contributed by atoms with Crippen molar-refractivity contribution in [2.75, 3.05) is 45.4 Å². The maximum Gasteiger partial charge on any atom is 0.199 e. The summed E-state index contributed by atoms with van der Waals surface area (Å²) in [4.78, 5) is 2.38. The molecule has 6 nitrogen and oxygen atoms in total. The maximum atomic E-state index is 15.1. The topological polar surface area (TPSA) is 49.4 Å². The molecule has 0 radical (unpaired) electrons. The van der Waals surface area contributed by atoms with E-state index < -0.39 is 11.6 Å². The summed E-state index contributed by atoms with van der Waals surface area (Å²) < 4.78 is 58.0.